The van der Waals surface area contributed by atoms with Crippen LogP contribution in [0.25, 0.3) is 32.7 Å². The molecular formula is C36H43F3N6OSSi. The van der Waals surface area contributed by atoms with E-state index >= 15 is 0 Å². The van der Waals surface area contributed by atoms with E-state index in [0.717, 1.165) is 54.4 Å². The van der Waals surface area contributed by atoms with E-state index in [1.54, 1.807) is 12.4 Å². The summed E-state index contributed by atoms with van der Waals surface area (Å²) < 4.78 is 51.7. The number of halogens is 3. The van der Waals surface area contributed by atoms with Gasteiger partial charge in [0.05, 0.1) is 11.2 Å². The zero-order valence-corrected chi connectivity index (χ0v) is 30.0. The van der Waals surface area contributed by atoms with E-state index in [2.05, 4.69) is 70.8 Å². The quantitative estimate of drug-likeness (QED) is 0.110. The summed E-state index contributed by atoms with van der Waals surface area (Å²) in [6.45, 7) is 14.5. The van der Waals surface area contributed by atoms with E-state index in [4.69, 9.17) is 4.74 Å². The van der Waals surface area contributed by atoms with Gasteiger partial charge in [-0.25, -0.2) is 15.0 Å². The predicted octanol–water partition coefficient (Wildman–Crippen LogP) is 9.27. The number of anilines is 1. The van der Waals surface area contributed by atoms with Crippen LogP contribution in [0.1, 0.15) is 31.4 Å². The van der Waals surface area contributed by atoms with Gasteiger partial charge in [0.2, 0.25) is 5.95 Å². The van der Waals surface area contributed by atoms with Crippen LogP contribution in [0.15, 0.2) is 72.5 Å². The molecule has 4 heterocycles. The van der Waals surface area contributed by atoms with Crippen LogP contribution in [0.5, 0.6) is 0 Å². The van der Waals surface area contributed by atoms with Gasteiger partial charge in [0.15, 0.2) is 0 Å². The second kappa shape index (κ2) is 13.7. The highest BCUT2D eigenvalue weighted by molar-refractivity contribution is 7.13. The molecule has 48 heavy (non-hydrogen) atoms. The third kappa shape index (κ3) is 8.34. The van der Waals surface area contributed by atoms with Gasteiger partial charge >= 0.3 is 6.18 Å². The highest BCUT2D eigenvalue weighted by atomic mass is 32.1. The SMILES string of the molecule is CC1(C)C[C@H](Nc2ncc(C(F)(F)F)c(-c3cn(COCC[Si](C)(C)C)c4cc(-c5nccs5)ccc34)n2)CN(Cc2ccccc2)C1. The standard InChI is InChI=1S/C36H43F3N6OSSi/c1-35(2)18-27(21-44(23-35)20-25-9-7-6-8-10-25)42-34-41-19-30(36(37,38)39)32(43-34)29-22-45(24-46-14-16-48(3,4)5)31-17-26(11-12-28(29)31)33-40-13-15-47-33/h6-13,15,17,19,22,27H,14,16,18,20-21,23-24H2,1-5H3,(H,41,42,43)/t27-/m0/s1. The number of ether oxygens (including phenoxy) is 1. The fourth-order valence-electron chi connectivity index (χ4n) is 6.51. The Morgan fingerprint density at radius 3 is 2.58 bits per heavy atom. The van der Waals surface area contributed by atoms with Crippen LogP contribution < -0.4 is 5.32 Å². The van der Waals surface area contributed by atoms with Crippen LogP contribution in [0, 0.1) is 5.41 Å². The molecule has 0 amide bonds. The molecule has 0 unspecified atom stereocenters. The van der Waals surface area contributed by atoms with Crippen molar-refractivity contribution < 1.29 is 17.9 Å². The van der Waals surface area contributed by atoms with Gasteiger partial charge in [-0.3, -0.25) is 4.90 Å². The summed E-state index contributed by atoms with van der Waals surface area (Å²) in [5, 5.41) is 6.82. The number of nitrogens with one attached hydrogen (secondary N) is 1. The zero-order valence-electron chi connectivity index (χ0n) is 28.1. The Bertz CT molecular complexity index is 1840. The Hall–Kier alpha value is -3.58. The molecule has 7 nitrogen and oxygen atoms in total. The lowest BCUT2D eigenvalue weighted by atomic mass is 9.81. The lowest BCUT2D eigenvalue weighted by Crippen LogP contribution is -2.49. The molecular weight excluding hydrogens is 650 g/mol. The maximum atomic E-state index is 14.6. The molecule has 0 aliphatic carbocycles. The van der Waals surface area contributed by atoms with Crippen LogP contribution in [-0.4, -0.2) is 58.2 Å². The molecule has 5 aromatic rings. The van der Waals surface area contributed by atoms with Crippen LogP contribution >= 0.6 is 11.3 Å². The van der Waals surface area contributed by atoms with Gasteiger partial charge in [0.1, 0.15) is 17.3 Å². The van der Waals surface area contributed by atoms with Crippen LogP contribution in [0.3, 0.4) is 0 Å². The van der Waals surface area contributed by atoms with Gasteiger partial charge in [-0.2, -0.15) is 13.2 Å². The predicted molar refractivity (Wildman–Crippen MR) is 191 cm³/mol. The highest BCUT2D eigenvalue weighted by Gasteiger charge is 2.37. The maximum Gasteiger partial charge on any atom is 0.419 e. The fourth-order valence-corrected chi connectivity index (χ4v) is 7.90. The molecule has 1 N–H and O–H groups in total. The zero-order chi connectivity index (χ0) is 34.1. The molecule has 0 radical (unpaired) electrons. The number of benzene rings is 2. The van der Waals surface area contributed by atoms with E-state index in [-0.39, 0.29) is 29.8 Å². The maximum absolute atomic E-state index is 14.6. The molecule has 1 fully saturated rings. The topological polar surface area (TPSA) is 68.1 Å². The Labute approximate surface area is 285 Å². The number of aromatic nitrogens is 4. The van der Waals surface area contributed by atoms with E-state index in [1.807, 2.05) is 46.3 Å². The van der Waals surface area contributed by atoms with Gasteiger partial charge < -0.3 is 14.6 Å². The minimum absolute atomic E-state index is 0.00251. The van der Waals surface area contributed by atoms with Gasteiger partial charge in [-0.15, -0.1) is 11.3 Å². The van der Waals surface area contributed by atoms with Crippen molar-refractivity contribution in [3.8, 4) is 21.8 Å². The largest absolute Gasteiger partial charge is 0.419 e. The number of hydrogen-bond donors (Lipinski definition) is 1. The summed E-state index contributed by atoms with van der Waals surface area (Å²) in [5.74, 6) is 0.187. The molecule has 1 aliphatic rings. The average Bonchev–Trinajstić information content (AvgIpc) is 3.67. The molecule has 1 atom stereocenters. The van der Waals surface area contributed by atoms with Crippen molar-refractivity contribution in [1.82, 2.24) is 24.4 Å². The van der Waals surface area contributed by atoms with E-state index in [1.165, 1.54) is 16.9 Å². The molecule has 254 valence electrons. The number of piperidine rings is 1. The molecule has 1 saturated heterocycles. The molecule has 12 heteroatoms. The number of hydrogen-bond acceptors (Lipinski definition) is 7. The summed E-state index contributed by atoms with van der Waals surface area (Å²) in [5.41, 5.74) is 2.24. The van der Waals surface area contributed by atoms with E-state index < -0.39 is 19.8 Å². The molecule has 0 bridgehead atoms. The van der Waals surface area contributed by atoms with Gasteiger partial charge in [0.25, 0.3) is 0 Å². The first kappa shape index (κ1) is 34.3. The second-order valence-electron chi connectivity index (χ2n) is 14.7. The third-order valence-corrected chi connectivity index (χ3v) is 11.2. The van der Waals surface area contributed by atoms with Gasteiger partial charge in [-0.05, 0) is 29.5 Å². The Morgan fingerprint density at radius 1 is 1.08 bits per heavy atom. The number of thiazole rings is 1. The summed E-state index contributed by atoms with van der Waals surface area (Å²) in [6, 6.07) is 17.0. The van der Waals surface area contributed by atoms with Crippen molar-refractivity contribution in [3.05, 3.63) is 83.6 Å². The third-order valence-electron chi connectivity index (χ3n) is 8.65. The van der Waals surface area contributed by atoms with Crippen molar-refractivity contribution in [2.24, 2.45) is 5.41 Å². The highest BCUT2D eigenvalue weighted by Crippen LogP contribution is 2.41. The average molecular weight is 693 g/mol. The fraction of sp³-hybridized carbons (Fsp3) is 0.417. The molecule has 0 saturated carbocycles. The lowest BCUT2D eigenvalue weighted by Gasteiger charge is -2.42. The summed E-state index contributed by atoms with van der Waals surface area (Å²) in [4.78, 5) is 15.6. The Morgan fingerprint density at radius 2 is 1.88 bits per heavy atom. The Kier molecular flexibility index (Phi) is 9.81. The number of nitrogens with zero attached hydrogens (tertiary/aromatic N) is 5. The Balaban J connectivity index is 1.35. The summed E-state index contributed by atoms with van der Waals surface area (Å²) >= 11 is 1.51. The van der Waals surface area contributed by atoms with Crippen molar-refractivity contribution >= 4 is 36.3 Å². The molecule has 0 spiro atoms. The second-order valence-corrected chi connectivity index (χ2v) is 21.3. The number of alkyl halides is 3. The molecule has 1 aliphatic heterocycles. The first-order chi connectivity index (χ1) is 22.7. The number of rotatable bonds is 11. The lowest BCUT2D eigenvalue weighted by molar-refractivity contribution is -0.137. The van der Waals surface area contributed by atoms with Crippen molar-refractivity contribution in [2.45, 2.75) is 71.4 Å². The van der Waals surface area contributed by atoms with Crippen molar-refractivity contribution in [2.75, 3.05) is 25.0 Å². The normalized spacial score (nSPS) is 17.2. The van der Waals surface area contributed by atoms with Crippen LogP contribution in [0.2, 0.25) is 25.7 Å². The van der Waals surface area contributed by atoms with E-state index in [9.17, 15) is 13.2 Å². The monoisotopic (exact) mass is 692 g/mol. The first-order valence-electron chi connectivity index (χ1n) is 16.3. The summed E-state index contributed by atoms with van der Waals surface area (Å²) in [6.07, 6.45) is 0.588. The van der Waals surface area contributed by atoms with Crippen LogP contribution in [0.4, 0.5) is 19.1 Å². The van der Waals surface area contributed by atoms with Crippen molar-refractivity contribution in [1.29, 1.82) is 0 Å². The smallest absolute Gasteiger partial charge is 0.361 e. The molecule has 3 aromatic heterocycles. The molecule has 2 aromatic carbocycles. The first-order valence-corrected chi connectivity index (χ1v) is 20.9. The van der Waals surface area contributed by atoms with Crippen molar-refractivity contribution in [3.63, 3.8) is 0 Å². The summed E-state index contributed by atoms with van der Waals surface area (Å²) in [7, 11) is -1.32. The van der Waals surface area contributed by atoms with Crippen LogP contribution in [-0.2, 0) is 24.2 Å². The van der Waals surface area contributed by atoms with Gasteiger partial charge in [-0.1, -0.05) is 76.0 Å². The minimum Gasteiger partial charge on any atom is -0.361 e. The number of likely N-dealkylation sites (tertiary alicyclic amines) is 1. The minimum atomic E-state index is -4.64. The van der Waals surface area contributed by atoms with Gasteiger partial charge in [0, 0.05) is 80.8 Å². The van der Waals surface area contributed by atoms with E-state index in [0.29, 0.717) is 17.6 Å². The molecule has 6 rings (SSSR count). The number of fused-ring (bicyclic) bond motifs is 1.